The minimum Gasteiger partial charge on any atom is -0.383 e. The van der Waals surface area contributed by atoms with Gasteiger partial charge in [-0.3, -0.25) is 14.5 Å². The molecule has 5 heteroatoms. The van der Waals surface area contributed by atoms with E-state index in [1.807, 2.05) is 0 Å². The van der Waals surface area contributed by atoms with Crippen molar-refractivity contribution in [1.82, 2.24) is 9.88 Å². The van der Waals surface area contributed by atoms with Gasteiger partial charge in [0.2, 0.25) is 11.8 Å². The number of anilines is 1. The highest BCUT2D eigenvalue weighted by Crippen LogP contribution is 2.32. The van der Waals surface area contributed by atoms with Crippen LogP contribution in [-0.2, 0) is 16.1 Å². The summed E-state index contributed by atoms with van der Waals surface area (Å²) >= 11 is 0. The van der Waals surface area contributed by atoms with Crippen LogP contribution in [0.5, 0.6) is 0 Å². The molecule has 17 heavy (non-hydrogen) atoms. The minimum atomic E-state index is -0.603. The predicted molar refractivity (Wildman–Crippen MR) is 62.6 cm³/mol. The first-order valence-corrected chi connectivity index (χ1v) is 5.46. The van der Waals surface area contributed by atoms with Gasteiger partial charge in [0.15, 0.2) is 0 Å². The van der Waals surface area contributed by atoms with Crippen molar-refractivity contribution in [1.29, 1.82) is 0 Å². The number of carbonyl (C=O) groups is 2. The number of nitrogen functional groups attached to an aromatic ring is 1. The number of imide groups is 1. The Morgan fingerprint density at radius 1 is 1.47 bits per heavy atom. The Morgan fingerprint density at radius 3 is 2.71 bits per heavy atom. The van der Waals surface area contributed by atoms with Gasteiger partial charge in [0.1, 0.15) is 5.82 Å². The van der Waals surface area contributed by atoms with E-state index in [0.717, 1.165) is 0 Å². The van der Waals surface area contributed by atoms with Gasteiger partial charge in [-0.05, 0) is 6.07 Å². The van der Waals surface area contributed by atoms with Crippen LogP contribution in [0, 0.1) is 5.41 Å². The first kappa shape index (κ1) is 11.6. The summed E-state index contributed by atoms with van der Waals surface area (Å²) in [5.74, 6) is 0.0619. The average Bonchev–Trinajstić information content (AvgIpc) is 2.43. The van der Waals surface area contributed by atoms with Crippen molar-refractivity contribution in [2.24, 2.45) is 5.41 Å². The van der Waals surface area contributed by atoms with Crippen LogP contribution in [0.2, 0.25) is 0 Å². The molecule has 0 atom stereocenters. The van der Waals surface area contributed by atoms with E-state index in [4.69, 9.17) is 5.73 Å². The topological polar surface area (TPSA) is 76.3 Å². The highest BCUT2D eigenvalue weighted by Gasteiger charge is 2.44. The van der Waals surface area contributed by atoms with Gasteiger partial charge in [-0.1, -0.05) is 19.9 Å². The van der Waals surface area contributed by atoms with Crippen molar-refractivity contribution in [3.63, 3.8) is 0 Å². The second kappa shape index (κ2) is 3.84. The maximum Gasteiger partial charge on any atom is 0.235 e. The lowest BCUT2D eigenvalue weighted by Crippen LogP contribution is -2.32. The minimum absolute atomic E-state index is 0.147. The van der Waals surface area contributed by atoms with Crippen molar-refractivity contribution >= 4 is 17.6 Å². The van der Waals surface area contributed by atoms with E-state index in [2.05, 4.69) is 4.98 Å². The number of rotatable bonds is 2. The number of amides is 2. The molecule has 1 aliphatic rings. The van der Waals surface area contributed by atoms with Crippen LogP contribution in [0.25, 0.3) is 0 Å². The molecule has 90 valence electrons. The second-order valence-electron chi connectivity index (χ2n) is 4.89. The van der Waals surface area contributed by atoms with E-state index in [9.17, 15) is 9.59 Å². The zero-order chi connectivity index (χ0) is 12.6. The molecule has 1 aromatic rings. The number of hydrogen-bond acceptors (Lipinski definition) is 4. The summed E-state index contributed by atoms with van der Waals surface area (Å²) < 4.78 is 0. The number of aromatic nitrogens is 1. The summed E-state index contributed by atoms with van der Waals surface area (Å²) in [6.45, 7) is 3.76. The summed E-state index contributed by atoms with van der Waals surface area (Å²) in [4.78, 5) is 29.0. The fraction of sp³-hybridized carbons (Fsp3) is 0.417. The van der Waals surface area contributed by atoms with Gasteiger partial charge in [-0.2, -0.15) is 0 Å². The van der Waals surface area contributed by atoms with Crippen LogP contribution in [0.15, 0.2) is 18.3 Å². The van der Waals surface area contributed by atoms with E-state index in [1.165, 1.54) is 4.90 Å². The van der Waals surface area contributed by atoms with E-state index >= 15 is 0 Å². The third kappa shape index (κ3) is 2.00. The van der Waals surface area contributed by atoms with Crippen molar-refractivity contribution < 1.29 is 9.59 Å². The highest BCUT2D eigenvalue weighted by atomic mass is 16.2. The molecular formula is C12H15N3O2. The zero-order valence-electron chi connectivity index (χ0n) is 9.93. The molecule has 0 radical (unpaired) electrons. The molecule has 0 unspecified atom stereocenters. The molecule has 2 N–H and O–H groups in total. The molecule has 0 saturated carbocycles. The normalized spacial score (nSPS) is 18.8. The van der Waals surface area contributed by atoms with E-state index < -0.39 is 5.41 Å². The molecule has 0 aromatic carbocycles. The van der Waals surface area contributed by atoms with Crippen LogP contribution in [0.1, 0.15) is 25.8 Å². The van der Waals surface area contributed by atoms with E-state index in [1.54, 1.807) is 32.2 Å². The van der Waals surface area contributed by atoms with Crippen LogP contribution in [0.3, 0.4) is 0 Å². The fourth-order valence-corrected chi connectivity index (χ4v) is 1.94. The lowest BCUT2D eigenvalue weighted by molar-refractivity contribution is -0.141. The molecule has 1 aromatic heterocycles. The Labute approximate surface area is 99.6 Å². The Bertz CT molecular complexity index is 482. The van der Waals surface area contributed by atoms with Crippen molar-refractivity contribution in [2.75, 3.05) is 5.73 Å². The van der Waals surface area contributed by atoms with Gasteiger partial charge in [-0.25, -0.2) is 4.98 Å². The molecule has 2 amide bonds. The Kier molecular flexibility index (Phi) is 2.61. The molecule has 5 nitrogen and oxygen atoms in total. The third-order valence-corrected chi connectivity index (χ3v) is 2.97. The SMILES string of the molecule is CC1(C)CC(=O)N(Cc2cccnc2N)C1=O. The van der Waals surface area contributed by atoms with Gasteiger partial charge >= 0.3 is 0 Å². The average molecular weight is 233 g/mol. The number of nitrogens with zero attached hydrogens (tertiary/aromatic N) is 2. The van der Waals surface area contributed by atoms with Crippen LogP contribution in [-0.4, -0.2) is 21.7 Å². The molecule has 1 fully saturated rings. The summed E-state index contributed by atoms with van der Waals surface area (Å²) in [5, 5.41) is 0. The van der Waals surface area contributed by atoms with Crippen LogP contribution < -0.4 is 5.73 Å². The lowest BCUT2D eigenvalue weighted by atomic mass is 9.92. The lowest BCUT2D eigenvalue weighted by Gasteiger charge is -2.18. The highest BCUT2D eigenvalue weighted by molar-refractivity contribution is 6.05. The van der Waals surface area contributed by atoms with Gasteiger partial charge in [0, 0.05) is 18.2 Å². The number of likely N-dealkylation sites (tertiary alicyclic amines) is 1. The molecule has 1 aliphatic heterocycles. The molecule has 0 spiro atoms. The fourth-order valence-electron chi connectivity index (χ4n) is 1.94. The van der Waals surface area contributed by atoms with Crippen LogP contribution >= 0.6 is 0 Å². The summed E-state index contributed by atoms with van der Waals surface area (Å²) in [6, 6.07) is 3.51. The molecule has 2 heterocycles. The van der Waals surface area contributed by atoms with E-state index in [0.29, 0.717) is 11.4 Å². The number of hydrogen-bond donors (Lipinski definition) is 1. The first-order chi connectivity index (χ1) is 7.92. The molecule has 0 aliphatic carbocycles. The predicted octanol–water partition coefficient (Wildman–Crippen LogP) is 0.949. The molecule has 2 rings (SSSR count). The second-order valence-corrected chi connectivity index (χ2v) is 4.89. The smallest absolute Gasteiger partial charge is 0.235 e. The van der Waals surface area contributed by atoms with Gasteiger partial charge in [0.25, 0.3) is 0 Å². The molecular weight excluding hydrogens is 218 g/mol. The van der Waals surface area contributed by atoms with E-state index in [-0.39, 0.29) is 24.8 Å². The van der Waals surface area contributed by atoms with Gasteiger partial charge in [0.05, 0.1) is 12.0 Å². The zero-order valence-corrected chi connectivity index (χ0v) is 9.93. The molecule has 0 bridgehead atoms. The van der Waals surface area contributed by atoms with Crippen molar-refractivity contribution in [3.05, 3.63) is 23.9 Å². The number of carbonyl (C=O) groups excluding carboxylic acids is 2. The van der Waals surface area contributed by atoms with Crippen molar-refractivity contribution in [3.8, 4) is 0 Å². The quantitative estimate of drug-likeness (QED) is 0.771. The number of nitrogens with two attached hydrogens (primary N) is 1. The maximum atomic E-state index is 12.0. The Hall–Kier alpha value is -1.91. The molecule has 1 saturated heterocycles. The summed E-state index contributed by atoms with van der Waals surface area (Å²) in [6.07, 6.45) is 1.84. The summed E-state index contributed by atoms with van der Waals surface area (Å²) in [7, 11) is 0. The monoisotopic (exact) mass is 233 g/mol. The first-order valence-electron chi connectivity index (χ1n) is 5.46. The third-order valence-electron chi connectivity index (χ3n) is 2.97. The largest absolute Gasteiger partial charge is 0.383 e. The van der Waals surface area contributed by atoms with Gasteiger partial charge in [-0.15, -0.1) is 0 Å². The number of pyridine rings is 1. The Balaban J connectivity index is 2.23. The van der Waals surface area contributed by atoms with Crippen molar-refractivity contribution in [2.45, 2.75) is 26.8 Å². The van der Waals surface area contributed by atoms with Crippen LogP contribution in [0.4, 0.5) is 5.82 Å². The van der Waals surface area contributed by atoms with Gasteiger partial charge < -0.3 is 5.73 Å². The standard InChI is InChI=1S/C12H15N3O2/c1-12(2)6-9(16)15(11(12)17)7-8-4-3-5-14-10(8)13/h3-5H,6-7H2,1-2H3,(H2,13,14). The summed E-state index contributed by atoms with van der Waals surface area (Å²) in [5.41, 5.74) is 5.79. The Morgan fingerprint density at radius 2 is 2.18 bits per heavy atom. The maximum absolute atomic E-state index is 12.0.